The quantitative estimate of drug-likeness (QED) is 0.927. The average molecular weight is 311 g/mol. The van der Waals surface area contributed by atoms with Crippen LogP contribution in [0.25, 0.3) is 0 Å². The molecule has 2 atom stereocenters. The van der Waals surface area contributed by atoms with Gasteiger partial charge in [0, 0.05) is 37.0 Å². The van der Waals surface area contributed by atoms with E-state index in [1.807, 2.05) is 25.5 Å². The van der Waals surface area contributed by atoms with E-state index in [1.165, 1.54) is 17.0 Å². The third-order valence-electron chi connectivity index (χ3n) is 4.20. The summed E-state index contributed by atoms with van der Waals surface area (Å²) >= 11 is 1.83. The molecule has 1 aliphatic heterocycles. The van der Waals surface area contributed by atoms with Gasteiger partial charge in [-0.05, 0) is 19.4 Å². The summed E-state index contributed by atoms with van der Waals surface area (Å²) in [6, 6.07) is 0. The van der Waals surface area contributed by atoms with Crippen molar-refractivity contribution in [3.63, 3.8) is 0 Å². The molecule has 2 heterocycles. The summed E-state index contributed by atoms with van der Waals surface area (Å²) in [4.78, 5) is 8.72. The van der Waals surface area contributed by atoms with Gasteiger partial charge in [0.1, 0.15) is 0 Å². The number of hydrogen-bond donors (Lipinski definition) is 1. The monoisotopic (exact) mass is 311 g/mol. The van der Waals surface area contributed by atoms with Gasteiger partial charge in [0.05, 0.1) is 11.8 Å². The molecule has 1 aliphatic rings. The van der Waals surface area contributed by atoms with Crippen LogP contribution in [-0.4, -0.2) is 38.3 Å². The van der Waals surface area contributed by atoms with Crippen LogP contribution in [0.1, 0.15) is 44.7 Å². The molecule has 120 valence electrons. The zero-order valence-electron chi connectivity index (χ0n) is 14.2. The molecule has 1 N–H and O–H groups in total. The predicted molar refractivity (Wildman–Crippen MR) is 90.4 cm³/mol. The maximum Gasteiger partial charge on any atom is 0.185 e. The third-order valence-corrected chi connectivity index (χ3v) is 5.31. The minimum Gasteiger partial charge on any atom is -0.379 e. The molecule has 0 amide bonds. The van der Waals surface area contributed by atoms with E-state index in [4.69, 9.17) is 9.72 Å². The molecule has 2 unspecified atom stereocenters. The molecule has 21 heavy (non-hydrogen) atoms. The molecular weight excluding hydrogens is 282 g/mol. The van der Waals surface area contributed by atoms with E-state index in [9.17, 15) is 0 Å². The second-order valence-corrected chi connectivity index (χ2v) is 8.10. The van der Waals surface area contributed by atoms with Crippen LogP contribution in [0, 0.1) is 5.92 Å². The van der Waals surface area contributed by atoms with Crippen molar-refractivity contribution >= 4 is 16.5 Å². The van der Waals surface area contributed by atoms with Crippen LogP contribution in [0.3, 0.4) is 0 Å². The van der Waals surface area contributed by atoms with Gasteiger partial charge < -0.3 is 15.0 Å². The fourth-order valence-electron chi connectivity index (χ4n) is 2.86. The van der Waals surface area contributed by atoms with Gasteiger partial charge in [0.15, 0.2) is 5.13 Å². The van der Waals surface area contributed by atoms with Gasteiger partial charge in [0.2, 0.25) is 0 Å². The lowest BCUT2D eigenvalue weighted by Gasteiger charge is -2.36. The highest BCUT2D eigenvalue weighted by Gasteiger charge is 2.30. The molecule has 0 aromatic carbocycles. The number of hydrogen-bond acceptors (Lipinski definition) is 5. The largest absolute Gasteiger partial charge is 0.379 e. The summed E-state index contributed by atoms with van der Waals surface area (Å²) in [6.07, 6.45) is 1.48. The Morgan fingerprint density at radius 2 is 2.14 bits per heavy atom. The Morgan fingerprint density at radius 1 is 1.43 bits per heavy atom. The third kappa shape index (κ3) is 3.76. The second kappa shape index (κ2) is 6.63. The summed E-state index contributed by atoms with van der Waals surface area (Å²) in [6.45, 7) is 11.9. The first kappa shape index (κ1) is 16.7. The number of rotatable bonds is 4. The number of anilines is 1. The highest BCUT2D eigenvalue weighted by Crippen LogP contribution is 2.35. The van der Waals surface area contributed by atoms with Crippen molar-refractivity contribution in [1.29, 1.82) is 0 Å². The number of ether oxygens (including phenoxy) is 1. The SMILES string of the molecule is CNCc1sc(N2CCC(C)C(OC)C2)nc1C(C)(C)C. The van der Waals surface area contributed by atoms with Crippen LogP contribution in [-0.2, 0) is 16.7 Å². The van der Waals surface area contributed by atoms with Crippen LogP contribution >= 0.6 is 11.3 Å². The Kier molecular flexibility index (Phi) is 5.28. The Morgan fingerprint density at radius 3 is 2.71 bits per heavy atom. The Hall–Kier alpha value is -0.650. The summed E-state index contributed by atoms with van der Waals surface area (Å²) in [5.41, 5.74) is 1.31. The second-order valence-electron chi connectivity index (χ2n) is 7.03. The smallest absolute Gasteiger partial charge is 0.185 e. The van der Waals surface area contributed by atoms with Crippen molar-refractivity contribution < 1.29 is 4.74 Å². The van der Waals surface area contributed by atoms with Gasteiger partial charge in [-0.15, -0.1) is 11.3 Å². The van der Waals surface area contributed by atoms with Gasteiger partial charge in [-0.1, -0.05) is 27.7 Å². The number of nitrogens with zero attached hydrogens (tertiary/aromatic N) is 2. The van der Waals surface area contributed by atoms with Crippen molar-refractivity contribution in [2.45, 2.75) is 52.2 Å². The molecule has 0 aliphatic carbocycles. The molecule has 1 aromatic rings. The summed E-state index contributed by atoms with van der Waals surface area (Å²) in [7, 11) is 3.81. The highest BCUT2D eigenvalue weighted by molar-refractivity contribution is 7.15. The minimum atomic E-state index is 0.0880. The van der Waals surface area contributed by atoms with E-state index in [0.717, 1.165) is 24.8 Å². The first-order chi connectivity index (χ1) is 9.86. The lowest BCUT2D eigenvalue weighted by atomic mass is 9.91. The standard InChI is InChI=1S/C16H29N3OS/c1-11-7-8-19(10-12(11)20-6)15-18-14(16(2,3)4)13(21-15)9-17-5/h11-12,17H,7-10H2,1-6H3. The molecule has 2 rings (SSSR count). The maximum absolute atomic E-state index is 5.63. The van der Waals surface area contributed by atoms with E-state index >= 15 is 0 Å². The molecule has 0 radical (unpaired) electrons. The fraction of sp³-hybridized carbons (Fsp3) is 0.812. The van der Waals surface area contributed by atoms with Crippen molar-refractivity contribution in [3.8, 4) is 0 Å². The van der Waals surface area contributed by atoms with Gasteiger partial charge in [-0.25, -0.2) is 4.98 Å². The van der Waals surface area contributed by atoms with Crippen molar-refractivity contribution in [2.24, 2.45) is 5.92 Å². The highest BCUT2D eigenvalue weighted by atomic mass is 32.1. The lowest BCUT2D eigenvalue weighted by Crippen LogP contribution is -2.43. The van der Waals surface area contributed by atoms with Crippen LogP contribution in [0.4, 0.5) is 5.13 Å². The van der Waals surface area contributed by atoms with Crippen LogP contribution < -0.4 is 10.2 Å². The molecule has 1 saturated heterocycles. The van der Waals surface area contributed by atoms with E-state index in [1.54, 1.807) is 0 Å². The van der Waals surface area contributed by atoms with Crippen LogP contribution in [0.2, 0.25) is 0 Å². The average Bonchev–Trinajstić information content (AvgIpc) is 2.84. The first-order valence-electron chi connectivity index (χ1n) is 7.79. The van der Waals surface area contributed by atoms with Crippen molar-refractivity contribution in [2.75, 3.05) is 32.1 Å². The molecule has 0 bridgehead atoms. The normalized spacial score (nSPS) is 23.6. The molecule has 1 aromatic heterocycles. The number of methoxy groups -OCH3 is 1. The molecular formula is C16H29N3OS. The Balaban J connectivity index is 2.24. The fourth-order valence-corrected chi connectivity index (χ4v) is 4.17. The molecule has 4 nitrogen and oxygen atoms in total. The van der Waals surface area contributed by atoms with Gasteiger partial charge in [-0.2, -0.15) is 0 Å². The Labute approximate surface area is 132 Å². The van der Waals surface area contributed by atoms with E-state index in [2.05, 4.69) is 37.9 Å². The van der Waals surface area contributed by atoms with Crippen LogP contribution in [0.5, 0.6) is 0 Å². The van der Waals surface area contributed by atoms with Crippen molar-refractivity contribution in [1.82, 2.24) is 10.3 Å². The molecule has 0 saturated carbocycles. The van der Waals surface area contributed by atoms with E-state index < -0.39 is 0 Å². The first-order valence-corrected chi connectivity index (χ1v) is 8.61. The molecule has 5 heteroatoms. The minimum absolute atomic E-state index is 0.0880. The summed E-state index contributed by atoms with van der Waals surface area (Å²) < 4.78 is 5.63. The van der Waals surface area contributed by atoms with Crippen molar-refractivity contribution in [3.05, 3.63) is 10.6 Å². The topological polar surface area (TPSA) is 37.4 Å². The van der Waals surface area contributed by atoms with Crippen LogP contribution in [0.15, 0.2) is 0 Å². The summed E-state index contributed by atoms with van der Waals surface area (Å²) in [5.74, 6) is 0.630. The van der Waals surface area contributed by atoms with E-state index in [-0.39, 0.29) is 5.41 Å². The lowest BCUT2D eigenvalue weighted by molar-refractivity contribution is 0.0498. The number of thiazole rings is 1. The van der Waals surface area contributed by atoms with E-state index in [0.29, 0.717) is 12.0 Å². The maximum atomic E-state index is 5.63. The number of nitrogens with one attached hydrogen (secondary N) is 1. The Bertz CT molecular complexity index is 467. The number of piperidine rings is 1. The number of aromatic nitrogens is 1. The van der Waals surface area contributed by atoms with Gasteiger partial charge in [-0.3, -0.25) is 0 Å². The van der Waals surface area contributed by atoms with Gasteiger partial charge in [0.25, 0.3) is 0 Å². The summed E-state index contributed by atoms with van der Waals surface area (Å²) in [5, 5.41) is 4.42. The molecule has 0 spiro atoms. The zero-order chi connectivity index (χ0) is 15.6. The molecule has 1 fully saturated rings. The zero-order valence-corrected chi connectivity index (χ0v) is 15.0. The predicted octanol–water partition coefficient (Wildman–Crippen LogP) is 3.02. The van der Waals surface area contributed by atoms with Gasteiger partial charge >= 0.3 is 0 Å².